The van der Waals surface area contributed by atoms with Crippen molar-refractivity contribution in [3.63, 3.8) is 0 Å². The number of fused-ring (bicyclic) bond motifs is 1. The first-order chi connectivity index (χ1) is 8.33. The van der Waals surface area contributed by atoms with Crippen molar-refractivity contribution in [3.05, 3.63) is 21.7 Å². The van der Waals surface area contributed by atoms with Crippen LogP contribution in [0.1, 0.15) is 23.5 Å². The molecule has 1 aromatic heterocycles. The van der Waals surface area contributed by atoms with Crippen LogP contribution < -0.4 is 0 Å². The van der Waals surface area contributed by atoms with E-state index in [0.29, 0.717) is 17.2 Å². The Labute approximate surface area is 105 Å². The van der Waals surface area contributed by atoms with Gasteiger partial charge in [0.1, 0.15) is 10.5 Å². The van der Waals surface area contributed by atoms with Crippen LogP contribution in [0.4, 0.5) is 0 Å². The summed E-state index contributed by atoms with van der Waals surface area (Å²) >= 11 is 5.32. The Morgan fingerprint density at radius 2 is 2.29 bits per heavy atom. The first kappa shape index (κ1) is 11.3. The Bertz CT molecular complexity index is 466. The van der Waals surface area contributed by atoms with Gasteiger partial charge in [0.25, 0.3) is 0 Å². The number of aromatic nitrogens is 2. The topological polar surface area (TPSA) is 47.1 Å². The molecule has 1 saturated heterocycles. The number of nitrogens with one attached hydrogen (secondary N) is 1. The van der Waals surface area contributed by atoms with Gasteiger partial charge < -0.3 is 14.5 Å². The zero-order valence-electron chi connectivity index (χ0n) is 9.70. The summed E-state index contributed by atoms with van der Waals surface area (Å²) in [6.07, 6.45) is 2.98. The summed E-state index contributed by atoms with van der Waals surface area (Å²) in [5.41, 5.74) is 2.28. The van der Waals surface area contributed by atoms with Crippen LogP contribution in [0.25, 0.3) is 0 Å². The second kappa shape index (κ2) is 4.84. The Kier molecular flexibility index (Phi) is 3.22. The molecule has 1 N–H and O–H groups in total. The molecule has 0 aromatic carbocycles. The molecule has 1 atom stereocenters. The van der Waals surface area contributed by atoms with Gasteiger partial charge in [0.05, 0.1) is 13.2 Å². The van der Waals surface area contributed by atoms with E-state index in [1.165, 1.54) is 5.69 Å². The second-order valence-corrected chi connectivity index (χ2v) is 5.07. The largest absolute Gasteiger partial charge is 0.381 e. The van der Waals surface area contributed by atoms with Gasteiger partial charge in [0.2, 0.25) is 0 Å². The van der Waals surface area contributed by atoms with Gasteiger partial charge in [-0.2, -0.15) is 0 Å². The highest BCUT2D eigenvalue weighted by atomic mass is 32.1. The number of aromatic amines is 1. The normalized spacial score (nSPS) is 23.6. The minimum absolute atomic E-state index is 0.589. The van der Waals surface area contributed by atoms with Gasteiger partial charge in [-0.3, -0.25) is 0 Å². The minimum atomic E-state index is 0.589. The molecule has 5 heteroatoms. The van der Waals surface area contributed by atoms with Crippen molar-refractivity contribution in [2.75, 3.05) is 19.8 Å². The van der Waals surface area contributed by atoms with Crippen LogP contribution in [-0.2, 0) is 28.9 Å². The fourth-order valence-electron chi connectivity index (χ4n) is 2.42. The highest BCUT2D eigenvalue weighted by Crippen LogP contribution is 2.19. The number of ether oxygens (including phenoxy) is 2. The molecule has 3 rings (SSSR count). The fraction of sp³-hybridized carbons (Fsp3) is 0.667. The highest BCUT2D eigenvalue weighted by Gasteiger charge is 2.19. The van der Waals surface area contributed by atoms with Gasteiger partial charge in [0, 0.05) is 37.3 Å². The van der Waals surface area contributed by atoms with Crippen molar-refractivity contribution in [3.8, 4) is 0 Å². The van der Waals surface area contributed by atoms with Gasteiger partial charge in [-0.25, -0.2) is 4.98 Å². The molecule has 2 aliphatic rings. The average Bonchev–Trinajstić information content (AvgIpc) is 2.82. The number of H-pyrrole nitrogens is 1. The minimum Gasteiger partial charge on any atom is -0.381 e. The summed E-state index contributed by atoms with van der Waals surface area (Å²) in [4.78, 5) is 7.89. The van der Waals surface area contributed by atoms with Crippen molar-refractivity contribution in [1.29, 1.82) is 0 Å². The van der Waals surface area contributed by atoms with E-state index in [1.807, 2.05) is 0 Å². The SMILES string of the molecule is S=c1nc(CC2CCOC2)[nH]c2c1COCC2. The average molecular weight is 252 g/mol. The molecule has 2 aliphatic heterocycles. The maximum atomic E-state index is 5.40. The quantitative estimate of drug-likeness (QED) is 0.815. The van der Waals surface area contributed by atoms with Gasteiger partial charge in [0.15, 0.2) is 0 Å². The zero-order valence-corrected chi connectivity index (χ0v) is 10.5. The number of hydrogen-bond donors (Lipinski definition) is 1. The third-order valence-corrected chi connectivity index (χ3v) is 3.74. The summed E-state index contributed by atoms with van der Waals surface area (Å²) < 4.78 is 11.5. The van der Waals surface area contributed by atoms with Crippen LogP contribution in [0.2, 0.25) is 0 Å². The molecule has 0 aliphatic carbocycles. The summed E-state index contributed by atoms with van der Waals surface area (Å²) in [5, 5.41) is 0. The van der Waals surface area contributed by atoms with Crippen molar-refractivity contribution in [1.82, 2.24) is 9.97 Å². The molecule has 4 nitrogen and oxygen atoms in total. The maximum Gasteiger partial charge on any atom is 0.135 e. The molecule has 3 heterocycles. The Balaban J connectivity index is 1.85. The number of rotatable bonds is 2. The van der Waals surface area contributed by atoms with E-state index in [2.05, 4.69) is 9.97 Å². The third-order valence-electron chi connectivity index (χ3n) is 3.40. The lowest BCUT2D eigenvalue weighted by Crippen LogP contribution is -2.16. The van der Waals surface area contributed by atoms with Gasteiger partial charge >= 0.3 is 0 Å². The molecule has 1 aromatic rings. The first-order valence-electron chi connectivity index (χ1n) is 6.09. The van der Waals surface area contributed by atoms with E-state index in [0.717, 1.165) is 50.5 Å². The van der Waals surface area contributed by atoms with E-state index in [9.17, 15) is 0 Å². The molecule has 0 amide bonds. The monoisotopic (exact) mass is 252 g/mol. The van der Waals surface area contributed by atoms with Crippen molar-refractivity contribution in [2.45, 2.75) is 25.9 Å². The zero-order chi connectivity index (χ0) is 11.7. The molecular formula is C12H16N2O2S. The van der Waals surface area contributed by atoms with Crippen LogP contribution in [-0.4, -0.2) is 29.8 Å². The van der Waals surface area contributed by atoms with Crippen LogP contribution >= 0.6 is 12.2 Å². The maximum absolute atomic E-state index is 5.40. The molecule has 0 spiro atoms. The lowest BCUT2D eigenvalue weighted by atomic mass is 10.0. The Morgan fingerprint density at radius 1 is 1.35 bits per heavy atom. The fourth-order valence-corrected chi connectivity index (χ4v) is 2.71. The molecule has 1 unspecified atom stereocenters. The lowest BCUT2D eigenvalue weighted by Gasteiger charge is -2.17. The molecule has 17 heavy (non-hydrogen) atoms. The van der Waals surface area contributed by atoms with Crippen LogP contribution in [0.3, 0.4) is 0 Å². The molecule has 1 fully saturated rings. The predicted octanol–water partition coefficient (Wildman–Crippen LogP) is 1.79. The van der Waals surface area contributed by atoms with Crippen LogP contribution in [0.15, 0.2) is 0 Å². The molecular weight excluding hydrogens is 236 g/mol. The van der Waals surface area contributed by atoms with Gasteiger partial charge in [-0.05, 0) is 12.3 Å². The Hall–Kier alpha value is -0.780. The van der Waals surface area contributed by atoms with Crippen LogP contribution in [0.5, 0.6) is 0 Å². The Morgan fingerprint density at radius 3 is 3.12 bits per heavy atom. The van der Waals surface area contributed by atoms with E-state index in [4.69, 9.17) is 21.7 Å². The standard InChI is InChI=1S/C12H16N2O2S/c17-12-9-7-16-4-2-10(9)13-11(14-12)5-8-1-3-15-6-8/h8H,1-7H2,(H,13,14,17). The smallest absolute Gasteiger partial charge is 0.135 e. The second-order valence-electron chi connectivity index (χ2n) is 4.68. The molecule has 0 bridgehead atoms. The lowest BCUT2D eigenvalue weighted by molar-refractivity contribution is 0.108. The van der Waals surface area contributed by atoms with Crippen molar-refractivity contribution < 1.29 is 9.47 Å². The summed E-state index contributed by atoms with van der Waals surface area (Å²) in [7, 11) is 0. The molecule has 0 radical (unpaired) electrons. The summed E-state index contributed by atoms with van der Waals surface area (Å²) in [6, 6.07) is 0. The van der Waals surface area contributed by atoms with Crippen molar-refractivity contribution >= 4 is 12.2 Å². The van der Waals surface area contributed by atoms with E-state index >= 15 is 0 Å². The van der Waals surface area contributed by atoms with Crippen LogP contribution in [0, 0.1) is 10.6 Å². The summed E-state index contributed by atoms with van der Waals surface area (Å²) in [5.74, 6) is 1.59. The van der Waals surface area contributed by atoms with Gasteiger partial charge in [-0.15, -0.1) is 0 Å². The number of nitrogens with zero attached hydrogens (tertiary/aromatic N) is 1. The summed E-state index contributed by atoms with van der Waals surface area (Å²) in [6.45, 7) is 3.10. The highest BCUT2D eigenvalue weighted by molar-refractivity contribution is 7.71. The van der Waals surface area contributed by atoms with E-state index < -0.39 is 0 Å². The van der Waals surface area contributed by atoms with Crippen molar-refractivity contribution in [2.24, 2.45) is 5.92 Å². The van der Waals surface area contributed by atoms with E-state index in [-0.39, 0.29) is 0 Å². The molecule has 92 valence electrons. The molecule has 0 saturated carbocycles. The predicted molar refractivity (Wildman–Crippen MR) is 65.4 cm³/mol. The third kappa shape index (κ3) is 2.41. The van der Waals surface area contributed by atoms with Gasteiger partial charge in [-0.1, -0.05) is 12.2 Å². The first-order valence-corrected chi connectivity index (χ1v) is 6.50. The van der Waals surface area contributed by atoms with E-state index in [1.54, 1.807) is 0 Å². The number of hydrogen-bond acceptors (Lipinski definition) is 4.